The smallest absolute Gasteiger partial charge is 0.411 e. The topological polar surface area (TPSA) is 170 Å². The number of hydrogen-bond donors (Lipinski definition) is 7. The Labute approximate surface area is 441 Å². The second kappa shape index (κ2) is 43.3. The number of hydrogen-bond acceptors (Lipinski definition) is 10. The molecule has 0 radical (unpaired) electrons. The van der Waals surface area contributed by atoms with Gasteiger partial charge in [-0.1, -0.05) is 271 Å². The van der Waals surface area contributed by atoms with Crippen LogP contribution in [0.5, 0.6) is 0 Å². The highest BCUT2D eigenvalue weighted by Gasteiger charge is 2.45. The third kappa shape index (κ3) is 32.6. The minimum Gasteiger partial charge on any atom is -0.446 e. The van der Waals surface area contributed by atoms with Crippen LogP contribution in [-0.4, -0.2) is 100 Å². The van der Waals surface area contributed by atoms with Crippen molar-refractivity contribution in [1.29, 1.82) is 0 Å². The van der Waals surface area contributed by atoms with Crippen molar-refractivity contribution in [2.24, 2.45) is 0 Å². The average molecular weight is 1020 g/mol. The van der Waals surface area contributed by atoms with E-state index < -0.39 is 61.7 Å². The average Bonchev–Trinajstić information content (AvgIpc) is 3.36. The van der Waals surface area contributed by atoms with E-state index >= 15 is 0 Å². The first-order valence-electron chi connectivity index (χ1n) is 30.3. The maximum absolute atomic E-state index is 12.7. The number of unbranched alkanes of at least 4 members (excludes halogenated alkanes) is 34. The number of carbonyl (C=O) groups is 1. The molecule has 72 heavy (non-hydrogen) atoms. The Morgan fingerprint density at radius 2 is 0.944 bits per heavy atom. The van der Waals surface area contributed by atoms with Crippen LogP contribution in [0.3, 0.4) is 0 Å². The number of carbonyl (C=O) groups excluding carboxylic acids is 1. The molecule has 11 heteroatoms. The van der Waals surface area contributed by atoms with Crippen molar-refractivity contribution < 1.29 is 44.5 Å². The largest absolute Gasteiger partial charge is 0.446 e. The quantitative estimate of drug-likeness (QED) is 0.0312. The number of amides is 1. The van der Waals surface area contributed by atoms with Gasteiger partial charge in [0, 0.05) is 5.69 Å². The van der Waals surface area contributed by atoms with Gasteiger partial charge in [-0.15, -0.1) is 0 Å². The Hall–Kier alpha value is -1.83. The van der Waals surface area contributed by atoms with Crippen molar-refractivity contribution in [2.45, 2.75) is 327 Å². The van der Waals surface area contributed by atoms with Crippen LogP contribution in [0.15, 0.2) is 24.3 Å². The molecule has 0 aromatic heterocycles. The predicted octanol–water partition coefficient (Wildman–Crippen LogP) is 14.5. The third-order valence-corrected chi connectivity index (χ3v) is 15.1. The number of aliphatic hydroxyl groups is 5. The highest BCUT2D eigenvalue weighted by molar-refractivity contribution is 5.84. The standard InChI is InChI=1S/C61H114N2O9/c1-6-8-10-12-14-16-18-20-21-22-23-24-25-26-27-28-29-30-31-33-35-37-39-41-47-62-52(55(65)53(64)42-40-38-36-34-32-19-17-15-13-11-9-7-2)48-70-59-58(68)57(67)56(66)54(72-59)49-71-60(69)63-51-45-43-50(44-46-51)61(3,4)5/h43-46,52-59,62,64-68H,6-42,47-49H2,1-5H3,(H,63,69)/t52-,53+,54+,55-,56-,57-,58+,59-/m0/s1. The summed E-state index contributed by atoms with van der Waals surface area (Å²) >= 11 is 0. The fraction of sp³-hybridized carbons (Fsp3) is 0.885. The monoisotopic (exact) mass is 1020 g/mol. The molecular weight excluding hydrogens is 905 g/mol. The van der Waals surface area contributed by atoms with E-state index in [0.717, 1.165) is 44.1 Å². The second-order valence-electron chi connectivity index (χ2n) is 22.8. The summed E-state index contributed by atoms with van der Waals surface area (Å²) in [6.07, 6.45) is 37.0. The molecule has 0 aliphatic carbocycles. The van der Waals surface area contributed by atoms with E-state index in [9.17, 15) is 30.3 Å². The molecule has 0 spiro atoms. The molecule has 1 aromatic rings. The van der Waals surface area contributed by atoms with Crippen molar-refractivity contribution in [3.8, 4) is 0 Å². The minimum absolute atomic E-state index is 0.0401. The molecule has 422 valence electrons. The van der Waals surface area contributed by atoms with Crippen molar-refractivity contribution in [3.63, 3.8) is 0 Å². The molecule has 11 nitrogen and oxygen atoms in total. The molecule has 0 saturated carbocycles. The first-order valence-corrected chi connectivity index (χ1v) is 30.3. The van der Waals surface area contributed by atoms with Gasteiger partial charge in [0.2, 0.25) is 0 Å². The van der Waals surface area contributed by atoms with Crippen LogP contribution in [0.2, 0.25) is 0 Å². The molecule has 7 N–H and O–H groups in total. The highest BCUT2D eigenvalue weighted by atomic mass is 16.7. The number of aliphatic hydroxyl groups excluding tert-OH is 5. The summed E-state index contributed by atoms with van der Waals surface area (Å²) in [4.78, 5) is 12.7. The summed E-state index contributed by atoms with van der Waals surface area (Å²) < 4.78 is 17.3. The zero-order valence-corrected chi connectivity index (χ0v) is 47.1. The summed E-state index contributed by atoms with van der Waals surface area (Å²) in [5, 5.41) is 61.1. The van der Waals surface area contributed by atoms with Crippen LogP contribution in [-0.2, 0) is 19.6 Å². The number of rotatable bonds is 47. The van der Waals surface area contributed by atoms with Crippen LogP contribution < -0.4 is 10.6 Å². The molecule has 8 atom stereocenters. The van der Waals surface area contributed by atoms with E-state index in [2.05, 4.69) is 45.3 Å². The Bertz CT molecular complexity index is 1380. The molecule has 1 amide bonds. The molecule has 1 aliphatic heterocycles. The first-order chi connectivity index (χ1) is 34.9. The van der Waals surface area contributed by atoms with E-state index in [1.807, 2.05) is 12.1 Å². The number of benzene rings is 1. The van der Waals surface area contributed by atoms with E-state index in [0.29, 0.717) is 18.7 Å². The summed E-state index contributed by atoms with van der Waals surface area (Å²) in [6.45, 7) is 11.0. The molecule has 1 aromatic carbocycles. The van der Waals surface area contributed by atoms with Gasteiger partial charge >= 0.3 is 6.09 Å². The van der Waals surface area contributed by atoms with Gasteiger partial charge in [-0.3, -0.25) is 5.32 Å². The third-order valence-electron chi connectivity index (χ3n) is 15.1. The fourth-order valence-corrected chi connectivity index (χ4v) is 10.0. The number of anilines is 1. The Kier molecular flexibility index (Phi) is 39.9. The lowest BCUT2D eigenvalue weighted by Gasteiger charge is -2.40. The molecular formula is C61H114N2O9. The molecule has 1 aliphatic rings. The van der Waals surface area contributed by atoms with Crippen molar-refractivity contribution >= 4 is 11.8 Å². The lowest BCUT2D eigenvalue weighted by atomic mass is 9.87. The summed E-state index contributed by atoms with van der Waals surface area (Å²) in [6, 6.07) is 6.77. The second-order valence-corrected chi connectivity index (χ2v) is 22.8. The molecule has 2 rings (SSSR count). The van der Waals surface area contributed by atoms with Gasteiger partial charge in [0.25, 0.3) is 0 Å². The molecule has 1 heterocycles. The van der Waals surface area contributed by atoms with Crippen molar-refractivity contribution in [3.05, 3.63) is 29.8 Å². The zero-order valence-electron chi connectivity index (χ0n) is 47.1. The summed E-state index contributed by atoms with van der Waals surface area (Å²) in [7, 11) is 0. The fourth-order valence-electron chi connectivity index (χ4n) is 10.0. The normalized spacial score (nSPS) is 19.6. The lowest BCUT2D eigenvalue weighted by Crippen LogP contribution is -2.60. The van der Waals surface area contributed by atoms with Crippen LogP contribution >= 0.6 is 0 Å². The van der Waals surface area contributed by atoms with Crippen LogP contribution in [0.1, 0.15) is 278 Å². The maximum atomic E-state index is 12.7. The van der Waals surface area contributed by atoms with Gasteiger partial charge in [0.15, 0.2) is 6.29 Å². The maximum Gasteiger partial charge on any atom is 0.411 e. The predicted molar refractivity (Wildman–Crippen MR) is 299 cm³/mol. The molecule has 0 unspecified atom stereocenters. The Balaban J connectivity index is 1.72. The van der Waals surface area contributed by atoms with E-state index in [1.54, 1.807) is 12.1 Å². The SMILES string of the molecule is CCCCCCCCCCCCCCCCCCCCCCCCCCN[C@@H](CO[C@H]1O[C@H](COC(=O)Nc2ccc(C(C)(C)C)cc2)[C@H](O)[C@H](O)[C@H]1O)[C@H](O)[C@H](O)CCCCCCCCCCCCCC. The van der Waals surface area contributed by atoms with E-state index in [-0.39, 0.29) is 12.0 Å². The Morgan fingerprint density at radius 3 is 1.35 bits per heavy atom. The van der Waals surface area contributed by atoms with Crippen molar-refractivity contribution in [2.75, 3.05) is 25.1 Å². The van der Waals surface area contributed by atoms with Gasteiger partial charge < -0.3 is 45.1 Å². The Morgan fingerprint density at radius 1 is 0.556 bits per heavy atom. The minimum atomic E-state index is -1.63. The van der Waals surface area contributed by atoms with Crippen molar-refractivity contribution in [1.82, 2.24) is 5.32 Å². The van der Waals surface area contributed by atoms with Gasteiger partial charge in [-0.2, -0.15) is 0 Å². The van der Waals surface area contributed by atoms with Gasteiger partial charge in [0.1, 0.15) is 31.0 Å². The van der Waals surface area contributed by atoms with Gasteiger partial charge in [-0.05, 0) is 42.5 Å². The highest BCUT2D eigenvalue weighted by Crippen LogP contribution is 2.26. The van der Waals surface area contributed by atoms with Crippen LogP contribution in [0.4, 0.5) is 10.5 Å². The molecule has 0 bridgehead atoms. The van der Waals surface area contributed by atoms with Gasteiger partial charge in [0.05, 0.1) is 24.9 Å². The van der Waals surface area contributed by atoms with Crippen LogP contribution in [0.25, 0.3) is 0 Å². The van der Waals surface area contributed by atoms with E-state index in [4.69, 9.17) is 14.2 Å². The van der Waals surface area contributed by atoms with E-state index in [1.165, 1.54) is 193 Å². The summed E-state index contributed by atoms with van der Waals surface area (Å²) in [5.41, 5.74) is 1.62. The zero-order chi connectivity index (χ0) is 52.5. The summed E-state index contributed by atoms with van der Waals surface area (Å²) in [5.74, 6) is 0. The lowest BCUT2D eigenvalue weighted by molar-refractivity contribution is -0.302. The van der Waals surface area contributed by atoms with Gasteiger partial charge in [-0.25, -0.2) is 4.79 Å². The van der Waals surface area contributed by atoms with Crippen LogP contribution in [0, 0.1) is 0 Å². The number of ether oxygens (including phenoxy) is 3. The first kappa shape index (κ1) is 66.3. The molecule has 1 fully saturated rings. The number of nitrogens with one attached hydrogen (secondary N) is 2. The molecule has 1 saturated heterocycles.